The molecule has 1 N–H and O–H groups in total. The number of fused-ring (bicyclic) bond motifs is 1. The van der Waals surface area contributed by atoms with Gasteiger partial charge in [-0.1, -0.05) is 54.6 Å². The molecule has 5 aromatic rings. The molecule has 0 aliphatic rings. The van der Waals surface area contributed by atoms with E-state index in [9.17, 15) is 4.79 Å². The zero-order chi connectivity index (χ0) is 22.6. The van der Waals surface area contributed by atoms with E-state index in [-0.39, 0.29) is 5.91 Å². The lowest BCUT2D eigenvalue weighted by molar-refractivity contribution is 0.0954. The number of aromatic nitrogens is 2. The summed E-state index contributed by atoms with van der Waals surface area (Å²) in [5, 5.41) is 5.13. The maximum absolute atomic E-state index is 12.6. The van der Waals surface area contributed by atoms with Crippen LogP contribution in [0.4, 0.5) is 0 Å². The van der Waals surface area contributed by atoms with Crippen molar-refractivity contribution in [1.29, 1.82) is 0 Å². The second-order valence-corrected chi connectivity index (χ2v) is 9.11. The second kappa shape index (κ2) is 9.43. The van der Waals surface area contributed by atoms with Gasteiger partial charge in [0.1, 0.15) is 5.82 Å². The van der Waals surface area contributed by atoms with Gasteiger partial charge in [0, 0.05) is 29.1 Å². The molecule has 4 nitrogen and oxygen atoms in total. The normalized spacial score (nSPS) is 11.1. The fraction of sp³-hybridized carbons (Fsp3) is 0.143. The first kappa shape index (κ1) is 21.2. The molecule has 2 heterocycles. The van der Waals surface area contributed by atoms with Crippen molar-refractivity contribution in [2.45, 2.75) is 19.9 Å². The number of para-hydroxylation sites is 2. The summed E-state index contributed by atoms with van der Waals surface area (Å²) in [6, 6.07) is 28.5. The van der Waals surface area contributed by atoms with Crippen LogP contribution >= 0.6 is 11.3 Å². The van der Waals surface area contributed by atoms with E-state index in [1.807, 2.05) is 48.5 Å². The topological polar surface area (TPSA) is 46.9 Å². The molecule has 0 radical (unpaired) electrons. The van der Waals surface area contributed by atoms with Crippen LogP contribution in [0, 0.1) is 6.92 Å². The molecule has 0 aliphatic carbocycles. The second-order valence-electron chi connectivity index (χ2n) is 8.11. The molecule has 0 spiro atoms. The van der Waals surface area contributed by atoms with Gasteiger partial charge < -0.3 is 9.88 Å². The highest BCUT2D eigenvalue weighted by molar-refractivity contribution is 7.10. The van der Waals surface area contributed by atoms with Crippen molar-refractivity contribution in [3.05, 3.63) is 112 Å². The average molecular weight is 452 g/mol. The predicted octanol–water partition coefficient (Wildman–Crippen LogP) is 6.09. The van der Waals surface area contributed by atoms with Gasteiger partial charge in [0.2, 0.25) is 0 Å². The lowest BCUT2D eigenvalue weighted by atomic mass is 10.1. The minimum Gasteiger partial charge on any atom is -0.352 e. The Labute approximate surface area is 197 Å². The zero-order valence-electron chi connectivity index (χ0n) is 18.5. The van der Waals surface area contributed by atoms with Crippen LogP contribution in [0.1, 0.15) is 26.4 Å². The molecule has 5 heteroatoms. The quantitative estimate of drug-likeness (QED) is 0.325. The summed E-state index contributed by atoms with van der Waals surface area (Å²) >= 11 is 1.74. The van der Waals surface area contributed by atoms with Crippen LogP contribution in [0.25, 0.3) is 22.4 Å². The van der Waals surface area contributed by atoms with E-state index in [1.165, 1.54) is 16.0 Å². The number of rotatable bonds is 7. The molecule has 5 rings (SSSR count). The molecular formula is C28H25N3OS. The van der Waals surface area contributed by atoms with Crippen LogP contribution < -0.4 is 5.32 Å². The molecule has 0 saturated heterocycles. The van der Waals surface area contributed by atoms with Gasteiger partial charge in [-0.3, -0.25) is 4.79 Å². The lowest BCUT2D eigenvalue weighted by Crippen LogP contribution is -2.25. The van der Waals surface area contributed by atoms with Crippen molar-refractivity contribution in [2.24, 2.45) is 0 Å². The number of aryl methyl sites for hydroxylation is 1. The molecule has 3 aromatic carbocycles. The predicted molar refractivity (Wildman–Crippen MR) is 136 cm³/mol. The van der Waals surface area contributed by atoms with E-state index < -0.39 is 0 Å². The summed E-state index contributed by atoms with van der Waals surface area (Å²) in [4.78, 5) is 18.9. The van der Waals surface area contributed by atoms with Crippen LogP contribution in [0.2, 0.25) is 0 Å². The number of nitrogens with zero attached hydrogens (tertiary/aromatic N) is 2. The maximum Gasteiger partial charge on any atom is 0.251 e. The molecule has 2 aromatic heterocycles. The van der Waals surface area contributed by atoms with Crippen LogP contribution in [-0.2, 0) is 13.0 Å². The largest absolute Gasteiger partial charge is 0.352 e. The third-order valence-electron chi connectivity index (χ3n) is 5.85. The number of amides is 1. The van der Waals surface area contributed by atoms with E-state index >= 15 is 0 Å². The third kappa shape index (κ3) is 4.59. The van der Waals surface area contributed by atoms with Gasteiger partial charge in [0.05, 0.1) is 11.0 Å². The molecule has 33 heavy (non-hydrogen) atoms. The van der Waals surface area contributed by atoms with Gasteiger partial charge in [-0.2, -0.15) is 0 Å². The van der Waals surface area contributed by atoms with Gasteiger partial charge in [-0.15, -0.1) is 11.3 Å². The Bertz CT molecular complexity index is 1380. The van der Waals surface area contributed by atoms with E-state index in [1.54, 1.807) is 11.3 Å². The van der Waals surface area contributed by atoms with Gasteiger partial charge in [-0.25, -0.2) is 4.98 Å². The molecule has 0 fully saturated rings. The number of hydrogen-bond acceptors (Lipinski definition) is 3. The number of thiophene rings is 1. The van der Waals surface area contributed by atoms with Crippen LogP contribution in [0.3, 0.4) is 0 Å². The summed E-state index contributed by atoms with van der Waals surface area (Å²) in [7, 11) is 0. The third-order valence-corrected chi connectivity index (χ3v) is 6.93. The minimum absolute atomic E-state index is 0.0476. The summed E-state index contributed by atoms with van der Waals surface area (Å²) in [6.45, 7) is 3.48. The zero-order valence-corrected chi connectivity index (χ0v) is 19.3. The Morgan fingerprint density at radius 3 is 2.45 bits per heavy atom. The monoisotopic (exact) mass is 451 g/mol. The molecule has 0 saturated carbocycles. The average Bonchev–Trinajstić information content (AvgIpc) is 3.43. The lowest BCUT2D eigenvalue weighted by Gasteiger charge is -2.10. The van der Waals surface area contributed by atoms with E-state index in [2.05, 4.69) is 58.6 Å². The number of imidazole rings is 1. The smallest absolute Gasteiger partial charge is 0.251 e. The van der Waals surface area contributed by atoms with Gasteiger partial charge in [-0.05, 0) is 60.2 Å². The molecule has 164 valence electrons. The Balaban J connectivity index is 1.36. The number of carbonyl (C=O) groups is 1. The van der Waals surface area contributed by atoms with Crippen molar-refractivity contribution in [1.82, 2.24) is 14.9 Å². The van der Waals surface area contributed by atoms with Gasteiger partial charge >= 0.3 is 0 Å². The fourth-order valence-electron chi connectivity index (χ4n) is 4.04. The SMILES string of the molecule is Cc1ccsc1CCNC(=O)c1ccc(-c2nc3ccccc3n2Cc2ccccc2)cc1. The molecule has 0 atom stereocenters. The molecule has 0 aliphatic heterocycles. The summed E-state index contributed by atoms with van der Waals surface area (Å²) in [5.41, 5.74) is 6.23. The highest BCUT2D eigenvalue weighted by Gasteiger charge is 2.14. The van der Waals surface area contributed by atoms with E-state index in [0.717, 1.165) is 35.4 Å². The summed E-state index contributed by atoms with van der Waals surface area (Å²) in [6.07, 6.45) is 0.858. The van der Waals surface area contributed by atoms with Crippen molar-refractivity contribution >= 4 is 28.3 Å². The van der Waals surface area contributed by atoms with Crippen LogP contribution in [-0.4, -0.2) is 22.0 Å². The van der Waals surface area contributed by atoms with Crippen molar-refractivity contribution in [3.8, 4) is 11.4 Å². The number of benzene rings is 3. The fourth-order valence-corrected chi connectivity index (χ4v) is 4.95. The summed E-state index contributed by atoms with van der Waals surface area (Å²) in [5.74, 6) is 0.855. The summed E-state index contributed by atoms with van der Waals surface area (Å²) < 4.78 is 2.24. The van der Waals surface area contributed by atoms with E-state index in [4.69, 9.17) is 4.98 Å². The standard InChI is InChI=1S/C28H25N3OS/c1-20-16-18-33-26(20)15-17-29-28(32)23-13-11-22(12-14-23)27-30-24-9-5-6-10-25(24)31(27)19-21-7-3-2-4-8-21/h2-14,16,18H,15,17,19H2,1H3,(H,29,32). The highest BCUT2D eigenvalue weighted by atomic mass is 32.1. The Hall–Kier alpha value is -3.70. The molecule has 1 amide bonds. The van der Waals surface area contributed by atoms with Gasteiger partial charge in [0.25, 0.3) is 5.91 Å². The molecule has 0 unspecified atom stereocenters. The first-order valence-corrected chi connectivity index (χ1v) is 12.0. The van der Waals surface area contributed by atoms with Gasteiger partial charge in [0.15, 0.2) is 0 Å². The Morgan fingerprint density at radius 1 is 0.939 bits per heavy atom. The molecular weight excluding hydrogens is 426 g/mol. The van der Waals surface area contributed by atoms with Crippen molar-refractivity contribution < 1.29 is 4.79 Å². The maximum atomic E-state index is 12.6. The van der Waals surface area contributed by atoms with Crippen molar-refractivity contribution in [2.75, 3.05) is 6.54 Å². The van der Waals surface area contributed by atoms with Crippen LogP contribution in [0.5, 0.6) is 0 Å². The Morgan fingerprint density at radius 2 is 1.70 bits per heavy atom. The van der Waals surface area contributed by atoms with Crippen LogP contribution in [0.15, 0.2) is 90.3 Å². The van der Waals surface area contributed by atoms with E-state index in [0.29, 0.717) is 12.1 Å². The first-order valence-electron chi connectivity index (χ1n) is 11.1. The minimum atomic E-state index is -0.0476. The van der Waals surface area contributed by atoms with Crippen molar-refractivity contribution in [3.63, 3.8) is 0 Å². The number of hydrogen-bond donors (Lipinski definition) is 1. The highest BCUT2D eigenvalue weighted by Crippen LogP contribution is 2.26. The number of carbonyl (C=O) groups excluding carboxylic acids is 1. The Kier molecular flexibility index (Phi) is 6.05. The number of nitrogens with one attached hydrogen (secondary N) is 1. The molecule has 0 bridgehead atoms. The first-order chi connectivity index (χ1) is 16.2.